The van der Waals surface area contributed by atoms with E-state index in [-0.39, 0.29) is 18.2 Å². The Morgan fingerprint density at radius 2 is 2.18 bits per heavy atom. The van der Waals surface area contributed by atoms with Gasteiger partial charge in [0.2, 0.25) is 0 Å². The first-order valence-electron chi connectivity index (χ1n) is 9.53. The first-order valence-corrected chi connectivity index (χ1v) is 9.53. The van der Waals surface area contributed by atoms with E-state index in [1.807, 2.05) is 32.9 Å². The van der Waals surface area contributed by atoms with E-state index in [9.17, 15) is 9.28 Å². The molecule has 1 N–H and O–H groups in total. The molecular formula is C22H27FN4O. The summed E-state index contributed by atoms with van der Waals surface area (Å²) in [5.41, 5.74) is 7.07. The quantitative estimate of drug-likeness (QED) is 0.333. The number of carbonyl (C=O) groups is 1. The molecule has 0 bridgehead atoms. The minimum Gasteiger partial charge on any atom is -0.374 e. The van der Waals surface area contributed by atoms with Gasteiger partial charge in [0.05, 0.1) is 11.3 Å². The maximum atomic E-state index is 13.6. The minimum atomic E-state index is -0.226. The summed E-state index contributed by atoms with van der Waals surface area (Å²) in [6.07, 6.45) is 2.73. The number of hydrogen-bond donors (Lipinski definition) is 1. The summed E-state index contributed by atoms with van der Waals surface area (Å²) in [6, 6.07) is 7.93. The molecule has 2 aromatic rings. The van der Waals surface area contributed by atoms with Gasteiger partial charge in [-0.15, -0.1) is 11.1 Å². The highest BCUT2D eigenvalue weighted by Gasteiger charge is 2.24. The highest BCUT2D eigenvalue weighted by atomic mass is 19.2. The molecule has 1 aliphatic heterocycles. The van der Waals surface area contributed by atoms with Crippen molar-refractivity contribution in [2.75, 3.05) is 23.5 Å². The van der Waals surface area contributed by atoms with Crippen molar-refractivity contribution in [1.29, 1.82) is 0 Å². The van der Waals surface area contributed by atoms with E-state index in [1.54, 1.807) is 11.7 Å². The van der Waals surface area contributed by atoms with Crippen LogP contribution >= 0.6 is 0 Å². The lowest BCUT2D eigenvalue weighted by atomic mass is 9.99. The third kappa shape index (κ3) is 3.64. The Labute approximate surface area is 165 Å². The number of nitrogens with zero attached hydrogens (tertiary/aromatic N) is 3. The number of halogens is 1. The minimum absolute atomic E-state index is 0.127. The highest BCUT2D eigenvalue weighted by molar-refractivity contribution is 6.03. The van der Waals surface area contributed by atoms with Crippen molar-refractivity contribution in [2.45, 2.75) is 39.7 Å². The van der Waals surface area contributed by atoms with Crippen LogP contribution < -0.4 is 15.6 Å². The summed E-state index contributed by atoms with van der Waals surface area (Å²) in [6.45, 7) is 10.2. The summed E-state index contributed by atoms with van der Waals surface area (Å²) in [5.74, 6) is 0.176. The summed E-state index contributed by atoms with van der Waals surface area (Å²) in [5, 5.41) is 1.29. The standard InChI is InChI=1S/C22H27FN4O/c1-6-7-20(28)21-15(4)12-18(24-22(21)27(25-23)14(2)3)16-8-9-19-17(13-16)10-11-26(19)5/h6,8-9,12-14,25H,1,7,10-11H2,2-5H3. The van der Waals surface area contributed by atoms with E-state index in [1.165, 1.54) is 16.3 Å². The van der Waals surface area contributed by atoms with Crippen molar-refractivity contribution in [3.05, 3.63) is 53.6 Å². The molecule has 6 heteroatoms. The molecule has 0 unspecified atom stereocenters. The van der Waals surface area contributed by atoms with Crippen LogP contribution in [0, 0.1) is 6.92 Å². The van der Waals surface area contributed by atoms with Gasteiger partial charge < -0.3 is 4.90 Å². The first-order chi connectivity index (χ1) is 13.4. The zero-order valence-corrected chi connectivity index (χ0v) is 16.9. The first kappa shape index (κ1) is 20.0. The average molecular weight is 382 g/mol. The number of ketones is 1. The number of allylic oxidation sites excluding steroid dienone is 1. The molecule has 0 atom stereocenters. The lowest BCUT2D eigenvalue weighted by molar-refractivity contribution is 0.0995. The number of anilines is 2. The molecule has 0 fully saturated rings. The van der Waals surface area contributed by atoms with E-state index < -0.39 is 0 Å². The van der Waals surface area contributed by atoms with E-state index in [0.29, 0.717) is 11.4 Å². The van der Waals surface area contributed by atoms with Crippen molar-refractivity contribution in [2.24, 2.45) is 0 Å². The van der Waals surface area contributed by atoms with Gasteiger partial charge >= 0.3 is 0 Å². The molecule has 28 heavy (non-hydrogen) atoms. The molecule has 1 aliphatic rings. The molecule has 0 saturated carbocycles. The number of hydrazine groups is 1. The molecule has 0 saturated heterocycles. The summed E-state index contributed by atoms with van der Waals surface area (Å²) >= 11 is 0. The van der Waals surface area contributed by atoms with Crippen molar-refractivity contribution >= 4 is 17.3 Å². The maximum absolute atomic E-state index is 13.6. The molecule has 5 nitrogen and oxygen atoms in total. The van der Waals surface area contributed by atoms with Crippen LogP contribution in [0.2, 0.25) is 0 Å². The lowest BCUT2D eigenvalue weighted by Gasteiger charge is -2.27. The number of likely N-dealkylation sites (N-methyl/N-ethyl adjacent to an activating group) is 1. The van der Waals surface area contributed by atoms with Gasteiger partial charge in [-0.3, -0.25) is 9.80 Å². The smallest absolute Gasteiger partial charge is 0.170 e. The summed E-state index contributed by atoms with van der Waals surface area (Å²) < 4.78 is 13.6. The predicted molar refractivity (Wildman–Crippen MR) is 112 cm³/mol. The second kappa shape index (κ2) is 8.10. The number of pyridine rings is 1. The van der Waals surface area contributed by atoms with Crippen LogP contribution in [-0.4, -0.2) is 30.4 Å². The second-order valence-electron chi connectivity index (χ2n) is 7.50. The van der Waals surface area contributed by atoms with Gasteiger partial charge in [0.1, 0.15) is 0 Å². The molecule has 0 amide bonds. The number of fused-ring (bicyclic) bond motifs is 1. The Morgan fingerprint density at radius 1 is 1.43 bits per heavy atom. The normalized spacial score (nSPS) is 13.0. The number of benzene rings is 1. The number of carbonyl (C=O) groups excluding carboxylic acids is 1. The van der Waals surface area contributed by atoms with Crippen molar-refractivity contribution in [1.82, 2.24) is 10.6 Å². The maximum Gasteiger partial charge on any atom is 0.170 e. The molecule has 1 aromatic heterocycles. The van der Waals surface area contributed by atoms with Crippen molar-refractivity contribution < 1.29 is 9.28 Å². The number of rotatable bonds is 7. The number of nitrogens with one attached hydrogen (secondary N) is 1. The van der Waals surface area contributed by atoms with Crippen LogP contribution in [0.1, 0.15) is 41.8 Å². The lowest BCUT2D eigenvalue weighted by Crippen LogP contribution is -2.40. The van der Waals surface area contributed by atoms with Crippen LogP contribution in [0.3, 0.4) is 0 Å². The zero-order valence-electron chi connectivity index (χ0n) is 16.9. The average Bonchev–Trinajstić information content (AvgIpc) is 3.02. The van der Waals surface area contributed by atoms with Gasteiger partial charge in [0, 0.05) is 37.3 Å². The van der Waals surface area contributed by atoms with Crippen molar-refractivity contribution in [3.63, 3.8) is 0 Å². The Hall–Kier alpha value is -2.73. The SMILES string of the molecule is C=CCC(=O)c1c(C)cc(-c2ccc3c(c2)CCN3C)nc1N(NF)C(C)C. The Bertz CT molecular complexity index is 910. The van der Waals surface area contributed by atoms with E-state index >= 15 is 0 Å². The van der Waals surface area contributed by atoms with Crippen LogP contribution in [0.25, 0.3) is 11.3 Å². The predicted octanol–water partition coefficient (Wildman–Crippen LogP) is 4.41. The molecule has 0 spiro atoms. The van der Waals surface area contributed by atoms with E-state index in [4.69, 9.17) is 4.98 Å². The van der Waals surface area contributed by atoms with Gasteiger partial charge in [-0.2, -0.15) is 0 Å². The van der Waals surface area contributed by atoms with Gasteiger partial charge in [-0.25, -0.2) is 4.98 Å². The fraction of sp³-hybridized carbons (Fsp3) is 0.364. The molecule has 0 radical (unpaired) electrons. The number of aryl methyl sites for hydroxylation is 1. The van der Waals surface area contributed by atoms with Crippen molar-refractivity contribution in [3.8, 4) is 11.3 Å². The molecular weight excluding hydrogens is 355 g/mol. The van der Waals surface area contributed by atoms with Crippen LogP contribution in [0.15, 0.2) is 36.9 Å². The Kier molecular flexibility index (Phi) is 5.79. The molecule has 1 aromatic carbocycles. The van der Waals surface area contributed by atoms with Crippen LogP contribution in [-0.2, 0) is 6.42 Å². The largest absolute Gasteiger partial charge is 0.374 e. The third-order valence-corrected chi connectivity index (χ3v) is 5.14. The van der Waals surface area contributed by atoms with Gasteiger partial charge in [0.15, 0.2) is 11.6 Å². The van der Waals surface area contributed by atoms with Crippen LogP contribution in [0.4, 0.5) is 16.0 Å². The monoisotopic (exact) mass is 382 g/mol. The Balaban J connectivity index is 2.15. The molecule has 0 aliphatic carbocycles. The van der Waals surface area contributed by atoms with Gasteiger partial charge in [-0.05, 0) is 56.5 Å². The highest BCUT2D eigenvalue weighted by Crippen LogP contribution is 2.33. The Morgan fingerprint density at radius 3 is 2.82 bits per heavy atom. The van der Waals surface area contributed by atoms with E-state index in [0.717, 1.165) is 29.8 Å². The van der Waals surface area contributed by atoms with E-state index in [2.05, 4.69) is 30.7 Å². The summed E-state index contributed by atoms with van der Waals surface area (Å²) in [4.78, 5) is 19.6. The van der Waals surface area contributed by atoms with Gasteiger partial charge in [0.25, 0.3) is 0 Å². The fourth-order valence-electron chi connectivity index (χ4n) is 3.66. The topological polar surface area (TPSA) is 48.5 Å². The third-order valence-electron chi connectivity index (χ3n) is 5.14. The summed E-state index contributed by atoms with van der Waals surface area (Å²) in [7, 11) is 2.08. The number of Topliss-reactive ketones (excluding diaryl/α,β-unsaturated/α-hetero) is 1. The second-order valence-corrected chi connectivity index (χ2v) is 7.50. The molecule has 3 rings (SSSR count). The van der Waals surface area contributed by atoms with Crippen LogP contribution in [0.5, 0.6) is 0 Å². The molecule has 2 heterocycles. The fourth-order valence-corrected chi connectivity index (χ4v) is 3.66. The molecule has 148 valence electrons. The van der Waals surface area contributed by atoms with Gasteiger partial charge in [-0.1, -0.05) is 17.8 Å². The number of hydrogen-bond acceptors (Lipinski definition) is 5. The number of aromatic nitrogens is 1. The zero-order chi connectivity index (χ0) is 20.4.